The summed E-state index contributed by atoms with van der Waals surface area (Å²) in [6, 6.07) is -0.204. The summed E-state index contributed by atoms with van der Waals surface area (Å²) in [6.45, 7) is 6.01. The largest absolute Gasteiger partial charge is 0.481 e. The van der Waals surface area contributed by atoms with Crippen LogP contribution in [0.3, 0.4) is 0 Å². The Kier molecular flexibility index (Phi) is 6.07. The fraction of sp³-hybridized carbons (Fsp3) is 0.833. The Hall–Kier alpha value is -1.14. The summed E-state index contributed by atoms with van der Waals surface area (Å²) in [5, 5.41) is 11.9. The third-order valence-electron chi connectivity index (χ3n) is 3.07. The number of likely N-dealkylation sites (N-methyl/N-ethyl adjacent to an activating group) is 1. The van der Waals surface area contributed by atoms with E-state index in [0.717, 1.165) is 6.42 Å². The molecule has 1 aliphatic rings. The summed E-state index contributed by atoms with van der Waals surface area (Å²) < 4.78 is 5.25. The molecule has 1 fully saturated rings. The topological polar surface area (TPSA) is 78.9 Å². The van der Waals surface area contributed by atoms with Crippen molar-refractivity contribution in [3.05, 3.63) is 0 Å². The van der Waals surface area contributed by atoms with E-state index in [2.05, 4.69) is 5.32 Å². The second kappa shape index (κ2) is 7.33. The fourth-order valence-corrected chi connectivity index (χ4v) is 2.23. The first-order chi connectivity index (χ1) is 8.60. The number of carbonyl (C=O) groups is 2. The first-order valence-corrected chi connectivity index (χ1v) is 6.41. The average Bonchev–Trinajstić information content (AvgIpc) is 2.77. The molecule has 2 atom stereocenters. The van der Waals surface area contributed by atoms with Crippen molar-refractivity contribution < 1.29 is 19.4 Å². The molecule has 1 aliphatic heterocycles. The monoisotopic (exact) mass is 258 g/mol. The zero-order valence-electron chi connectivity index (χ0n) is 11.0. The van der Waals surface area contributed by atoms with Crippen molar-refractivity contribution in [1.82, 2.24) is 10.2 Å². The van der Waals surface area contributed by atoms with E-state index in [4.69, 9.17) is 9.84 Å². The molecule has 0 radical (unpaired) electrons. The Bertz CT molecular complexity index is 296. The number of carboxylic acids is 1. The highest BCUT2D eigenvalue weighted by atomic mass is 16.5. The van der Waals surface area contributed by atoms with Gasteiger partial charge in [0.15, 0.2) is 0 Å². The molecule has 0 aromatic heterocycles. The van der Waals surface area contributed by atoms with Gasteiger partial charge in [0.1, 0.15) is 0 Å². The lowest BCUT2D eigenvalue weighted by Gasteiger charge is -2.29. The number of aliphatic carboxylic acids is 1. The molecule has 0 aromatic carbocycles. The normalized spacial score (nSPS) is 23.3. The van der Waals surface area contributed by atoms with Crippen LogP contribution in [0.25, 0.3) is 0 Å². The summed E-state index contributed by atoms with van der Waals surface area (Å²) in [4.78, 5) is 24.7. The Morgan fingerprint density at radius 1 is 1.39 bits per heavy atom. The smallest absolute Gasteiger partial charge is 0.310 e. The molecule has 6 nitrogen and oxygen atoms in total. The second-order valence-electron chi connectivity index (χ2n) is 4.47. The van der Waals surface area contributed by atoms with Crippen molar-refractivity contribution in [3.8, 4) is 0 Å². The molecule has 1 amide bonds. The zero-order chi connectivity index (χ0) is 13.5. The van der Waals surface area contributed by atoms with Crippen LogP contribution in [0.4, 0.5) is 0 Å². The number of amides is 1. The van der Waals surface area contributed by atoms with Gasteiger partial charge in [-0.3, -0.25) is 14.5 Å². The maximum atomic E-state index is 11.6. The summed E-state index contributed by atoms with van der Waals surface area (Å²) in [6.07, 6.45) is 0.877. The van der Waals surface area contributed by atoms with E-state index in [0.29, 0.717) is 19.7 Å². The molecule has 0 spiro atoms. The van der Waals surface area contributed by atoms with E-state index in [1.165, 1.54) is 0 Å². The molecule has 0 bridgehead atoms. The van der Waals surface area contributed by atoms with E-state index in [-0.39, 0.29) is 25.1 Å². The third kappa shape index (κ3) is 3.96. The first-order valence-electron chi connectivity index (χ1n) is 6.41. The van der Waals surface area contributed by atoms with Gasteiger partial charge in [0.2, 0.25) is 5.91 Å². The zero-order valence-corrected chi connectivity index (χ0v) is 11.0. The predicted molar refractivity (Wildman–Crippen MR) is 66.3 cm³/mol. The SMILES string of the molecule is CCCN(CC(=O)NCC)C1COCC1C(=O)O. The maximum absolute atomic E-state index is 11.6. The highest BCUT2D eigenvalue weighted by Gasteiger charge is 2.38. The van der Waals surface area contributed by atoms with Crippen molar-refractivity contribution in [3.63, 3.8) is 0 Å². The van der Waals surface area contributed by atoms with E-state index in [1.54, 1.807) is 0 Å². The number of carbonyl (C=O) groups excluding carboxylic acids is 1. The minimum atomic E-state index is -0.852. The van der Waals surface area contributed by atoms with Crippen LogP contribution in [0, 0.1) is 5.92 Å². The fourth-order valence-electron chi connectivity index (χ4n) is 2.23. The van der Waals surface area contributed by atoms with Gasteiger partial charge >= 0.3 is 5.97 Å². The second-order valence-corrected chi connectivity index (χ2v) is 4.47. The van der Waals surface area contributed by atoms with Crippen LogP contribution in [-0.4, -0.2) is 60.8 Å². The molecule has 2 unspecified atom stereocenters. The van der Waals surface area contributed by atoms with Gasteiger partial charge in [-0.05, 0) is 19.9 Å². The Labute approximate surface area is 107 Å². The van der Waals surface area contributed by atoms with Crippen LogP contribution in [-0.2, 0) is 14.3 Å². The molecule has 0 aliphatic carbocycles. The predicted octanol–water partition coefficient (Wildman–Crippen LogP) is -0.0659. The van der Waals surface area contributed by atoms with Crippen molar-refractivity contribution in [2.75, 3.05) is 32.8 Å². The number of carboxylic acid groups (broad SMARTS) is 1. The van der Waals surface area contributed by atoms with Gasteiger partial charge in [-0.2, -0.15) is 0 Å². The maximum Gasteiger partial charge on any atom is 0.310 e. The van der Waals surface area contributed by atoms with Crippen molar-refractivity contribution in [1.29, 1.82) is 0 Å². The first kappa shape index (κ1) is 14.9. The summed E-state index contributed by atoms with van der Waals surface area (Å²) >= 11 is 0. The van der Waals surface area contributed by atoms with Gasteiger partial charge in [-0.1, -0.05) is 6.92 Å². The number of nitrogens with zero attached hydrogens (tertiary/aromatic N) is 1. The van der Waals surface area contributed by atoms with Gasteiger partial charge in [0.25, 0.3) is 0 Å². The number of rotatable bonds is 7. The van der Waals surface area contributed by atoms with E-state index in [1.807, 2.05) is 18.7 Å². The van der Waals surface area contributed by atoms with Gasteiger partial charge in [-0.15, -0.1) is 0 Å². The molecule has 18 heavy (non-hydrogen) atoms. The Morgan fingerprint density at radius 3 is 2.67 bits per heavy atom. The summed E-state index contributed by atoms with van der Waals surface area (Å²) in [5.74, 6) is -1.46. The van der Waals surface area contributed by atoms with E-state index < -0.39 is 11.9 Å². The van der Waals surface area contributed by atoms with Gasteiger partial charge in [0, 0.05) is 12.6 Å². The average molecular weight is 258 g/mol. The minimum absolute atomic E-state index is 0.0676. The summed E-state index contributed by atoms with van der Waals surface area (Å²) in [5.41, 5.74) is 0. The molecule has 1 saturated heterocycles. The molecule has 6 heteroatoms. The highest BCUT2D eigenvalue weighted by Crippen LogP contribution is 2.20. The molecule has 104 valence electrons. The van der Waals surface area contributed by atoms with Crippen molar-refractivity contribution in [2.24, 2.45) is 5.92 Å². The van der Waals surface area contributed by atoms with Gasteiger partial charge < -0.3 is 15.2 Å². The molecule has 1 rings (SSSR count). The molecule has 0 saturated carbocycles. The molecule has 0 aromatic rings. The number of ether oxygens (including phenoxy) is 1. The Morgan fingerprint density at radius 2 is 2.11 bits per heavy atom. The number of hydrogen-bond donors (Lipinski definition) is 2. The molecular weight excluding hydrogens is 236 g/mol. The van der Waals surface area contributed by atoms with Crippen LogP contribution in [0.2, 0.25) is 0 Å². The van der Waals surface area contributed by atoms with Crippen molar-refractivity contribution in [2.45, 2.75) is 26.3 Å². The quantitative estimate of drug-likeness (QED) is 0.668. The lowest BCUT2D eigenvalue weighted by molar-refractivity contribution is -0.143. The lowest BCUT2D eigenvalue weighted by atomic mass is 10.0. The van der Waals surface area contributed by atoms with Crippen LogP contribution in [0.1, 0.15) is 20.3 Å². The van der Waals surface area contributed by atoms with E-state index in [9.17, 15) is 9.59 Å². The van der Waals surface area contributed by atoms with Crippen LogP contribution >= 0.6 is 0 Å². The van der Waals surface area contributed by atoms with Crippen LogP contribution < -0.4 is 5.32 Å². The Balaban J connectivity index is 2.65. The number of hydrogen-bond acceptors (Lipinski definition) is 4. The third-order valence-corrected chi connectivity index (χ3v) is 3.07. The molecular formula is C12H22N2O4. The highest BCUT2D eigenvalue weighted by molar-refractivity contribution is 5.78. The number of nitrogens with one attached hydrogen (secondary N) is 1. The van der Waals surface area contributed by atoms with Gasteiger partial charge in [-0.25, -0.2) is 0 Å². The van der Waals surface area contributed by atoms with E-state index >= 15 is 0 Å². The standard InChI is InChI=1S/C12H22N2O4/c1-3-5-14(6-11(15)13-4-2)10-8-18-7-9(10)12(16)17/h9-10H,3-8H2,1-2H3,(H,13,15)(H,16,17). The van der Waals surface area contributed by atoms with Gasteiger partial charge in [0.05, 0.1) is 25.7 Å². The minimum Gasteiger partial charge on any atom is -0.481 e. The van der Waals surface area contributed by atoms with Crippen LogP contribution in [0.15, 0.2) is 0 Å². The molecule has 1 heterocycles. The van der Waals surface area contributed by atoms with Crippen LogP contribution in [0.5, 0.6) is 0 Å². The molecule has 2 N–H and O–H groups in total. The lowest BCUT2D eigenvalue weighted by Crippen LogP contribution is -2.48. The van der Waals surface area contributed by atoms with Crippen molar-refractivity contribution >= 4 is 11.9 Å². The summed E-state index contributed by atoms with van der Waals surface area (Å²) in [7, 11) is 0.